The van der Waals surface area contributed by atoms with Gasteiger partial charge in [-0.15, -0.1) is 0 Å². The number of hydrogen-bond acceptors (Lipinski definition) is 2. The van der Waals surface area contributed by atoms with Crippen LogP contribution in [0.3, 0.4) is 0 Å². The minimum absolute atomic E-state index is 0. The summed E-state index contributed by atoms with van der Waals surface area (Å²) in [5.41, 5.74) is 4.97. The summed E-state index contributed by atoms with van der Waals surface area (Å²) in [6.07, 6.45) is 1.91. The van der Waals surface area contributed by atoms with Crippen LogP contribution in [0.5, 0.6) is 0 Å². The summed E-state index contributed by atoms with van der Waals surface area (Å²) < 4.78 is 0. The lowest BCUT2D eigenvalue weighted by Crippen LogP contribution is -1.98. The van der Waals surface area contributed by atoms with Gasteiger partial charge in [0.25, 0.3) is 0 Å². The van der Waals surface area contributed by atoms with Crippen molar-refractivity contribution in [2.45, 2.75) is 122 Å². The molecule has 2 heterocycles. The maximum Gasteiger partial charge on any atom is 0.0432 e. The molecule has 0 radical (unpaired) electrons. The van der Waals surface area contributed by atoms with E-state index in [2.05, 4.69) is 95.7 Å². The largest absolute Gasteiger partial charge is 0.261 e. The minimum Gasteiger partial charge on any atom is -0.261 e. The van der Waals surface area contributed by atoms with Crippen molar-refractivity contribution in [2.24, 2.45) is 0 Å². The molecule has 0 aliphatic carbocycles. The highest BCUT2D eigenvalue weighted by Crippen LogP contribution is 2.18. The highest BCUT2D eigenvalue weighted by atomic mass is 14.7. The second kappa shape index (κ2) is 20.6. The Balaban J connectivity index is -0.000000183. The van der Waals surface area contributed by atoms with Gasteiger partial charge in [0.15, 0.2) is 0 Å². The van der Waals surface area contributed by atoms with Crippen LogP contribution < -0.4 is 0 Å². The minimum atomic E-state index is 0. The molecular weight excluding hydrogens is 364 g/mol. The quantitative estimate of drug-likeness (QED) is 0.493. The van der Waals surface area contributed by atoms with Crippen LogP contribution in [0.25, 0.3) is 0 Å². The zero-order valence-electron chi connectivity index (χ0n) is 20.7. The molecule has 0 N–H and O–H groups in total. The van der Waals surface area contributed by atoms with Crippen LogP contribution in [-0.2, 0) is 0 Å². The lowest BCUT2D eigenvalue weighted by atomic mass is 10.0. The third-order valence-corrected chi connectivity index (χ3v) is 4.04. The Bertz CT molecular complexity index is 512. The fraction of sp³-hybridized carbons (Fsp3) is 0.643. The van der Waals surface area contributed by atoms with Gasteiger partial charge in [0, 0.05) is 23.3 Å². The summed E-state index contributed by atoms with van der Waals surface area (Å²) >= 11 is 0. The second-order valence-electron chi connectivity index (χ2n) is 7.62. The van der Waals surface area contributed by atoms with Crippen LogP contribution in [0.15, 0.2) is 36.5 Å². The molecule has 0 fully saturated rings. The summed E-state index contributed by atoms with van der Waals surface area (Å²) in [6.45, 7) is 25.5. The molecule has 0 unspecified atom stereocenters. The van der Waals surface area contributed by atoms with E-state index in [1.807, 2.05) is 33.9 Å². The standard InChI is InChI=1S/2C11H17N.2C2H6.2CH4/c1-8(2)10-5-6-12-11(7-10)9(3)4;1-8(2)10-6-5-7-11(12-10)9(3)4;2*1-2;;/h2*5-9H,1-4H3;2*1-2H3;2*1H4. The van der Waals surface area contributed by atoms with Crippen molar-refractivity contribution in [3.05, 3.63) is 59.2 Å². The van der Waals surface area contributed by atoms with E-state index in [0.717, 1.165) is 0 Å². The number of hydrogen-bond donors (Lipinski definition) is 0. The molecule has 2 rings (SSSR count). The van der Waals surface area contributed by atoms with E-state index < -0.39 is 0 Å². The topological polar surface area (TPSA) is 25.8 Å². The van der Waals surface area contributed by atoms with Crippen molar-refractivity contribution in [2.75, 3.05) is 0 Å². The monoisotopic (exact) mass is 418 g/mol. The Morgan fingerprint density at radius 1 is 0.567 bits per heavy atom. The van der Waals surface area contributed by atoms with Crippen LogP contribution in [0, 0.1) is 0 Å². The predicted molar refractivity (Wildman–Crippen MR) is 141 cm³/mol. The Kier molecular flexibility index (Phi) is 24.5. The van der Waals surface area contributed by atoms with Crippen LogP contribution in [0.2, 0.25) is 0 Å². The Morgan fingerprint density at radius 2 is 0.967 bits per heavy atom. The Morgan fingerprint density at radius 3 is 1.30 bits per heavy atom. The number of rotatable bonds is 4. The molecule has 0 aliphatic rings. The Hall–Kier alpha value is -1.70. The lowest BCUT2D eigenvalue weighted by Gasteiger charge is -2.08. The summed E-state index contributed by atoms with van der Waals surface area (Å²) in [4.78, 5) is 8.89. The first-order chi connectivity index (χ1) is 13.2. The number of nitrogens with zero attached hydrogens (tertiary/aromatic N) is 2. The summed E-state index contributed by atoms with van der Waals surface area (Å²) in [5, 5.41) is 0. The maximum atomic E-state index is 4.57. The number of pyridine rings is 2. The first kappa shape index (κ1) is 35.7. The third-order valence-electron chi connectivity index (χ3n) is 4.04. The van der Waals surface area contributed by atoms with E-state index in [-0.39, 0.29) is 14.9 Å². The van der Waals surface area contributed by atoms with Gasteiger partial charge in [-0.2, -0.15) is 0 Å². The van der Waals surface area contributed by atoms with Gasteiger partial charge in [0.2, 0.25) is 0 Å². The zero-order valence-corrected chi connectivity index (χ0v) is 20.7. The number of aromatic nitrogens is 2. The first-order valence-corrected chi connectivity index (χ1v) is 11.1. The summed E-state index contributed by atoms with van der Waals surface area (Å²) in [6, 6.07) is 10.6. The van der Waals surface area contributed by atoms with E-state index in [1.165, 1.54) is 22.6 Å². The van der Waals surface area contributed by atoms with Gasteiger partial charge < -0.3 is 0 Å². The van der Waals surface area contributed by atoms with Crippen LogP contribution in [-0.4, -0.2) is 9.97 Å². The molecule has 0 bridgehead atoms. The highest BCUT2D eigenvalue weighted by Gasteiger charge is 2.04. The van der Waals surface area contributed by atoms with Crippen LogP contribution >= 0.6 is 0 Å². The van der Waals surface area contributed by atoms with E-state index in [0.29, 0.717) is 23.7 Å². The van der Waals surface area contributed by atoms with E-state index in [1.54, 1.807) is 0 Å². The van der Waals surface area contributed by atoms with Gasteiger partial charge in [-0.3, -0.25) is 9.97 Å². The molecule has 2 aromatic rings. The molecule has 0 saturated heterocycles. The fourth-order valence-corrected chi connectivity index (χ4v) is 2.25. The molecule has 0 amide bonds. The van der Waals surface area contributed by atoms with E-state index in [9.17, 15) is 0 Å². The molecular formula is C28H54N2. The average Bonchev–Trinajstić information content (AvgIpc) is 2.71. The molecule has 176 valence electrons. The van der Waals surface area contributed by atoms with Crippen molar-refractivity contribution < 1.29 is 0 Å². The van der Waals surface area contributed by atoms with Gasteiger partial charge in [-0.05, 0) is 53.5 Å². The van der Waals surface area contributed by atoms with Gasteiger partial charge in [-0.25, -0.2) is 0 Å². The van der Waals surface area contributed by atoms with Crippen LogP contribution in [0.1, 0.15) is 144 Å². The van der Waals surface area contributed by atoms with Gasteiger partial charge in [-0.1, -0.05) is 104 Å². The van der Waals surface area contributed by atoms with Gasteiger partial charge >= 0.3 is 0 Å². The SMILES string of the molecule is C.C.CC.CC.CC(C)c1cccc(C(C)C)n1.CC(C)c1ccnc(C(C)C)c1. The second-order valence-corrected chi connectivity index (χ2v) is 7.62. The predicted octanol–water partition coefficient (Wildman–Crippen LogP) is 9.98. The summed E-state index contributed by atoms with van der Waals surface area (Å²) in [5.74, 6) is 2.20. The van der Waals surface area contributed by atoms with Crippen molar-refractivity contribution in [3.63, 3.8) is 0 Å². The zero-order chi connectivity index (χ0) is 22.3. The fourth-order valence-electron chi connectivity index (χ4n) is 2.25. The highest BCUT2D eigenvalue weighted by molar-refractivity contribution is 5.21. The molecule has 0 atom stereocenters. The molecule has 0 aliphatic heterocycles. The smallest absolute Gasteiger partial charge is 0.0432 e. The van der Waals surface area contributed by atoms with Crippen molar-refractivity contribution in [1.29, 1.82) is 0 Å². The van der Waals surface area contributed by atoms with Crippen molar-refractivity contribution in [3.8, 4) is 0 Å². The molecule has 2 aromatic heterocycles. The van der Waals surface area contributed by atoms with Crippen molar-refractivity contribution >= 4 is 0 Å². The maximum absolute atomic E-state index is 4.57. The molecule has 0 aromatic carbocycles. The molecule has 0 spiro atoms. The molecule has 0 saturated carbocycles. The van der Waals surface area contributed by atoms with Gasteiger partial charge in [0.1, 0.15) is 0 Å². The summed E-state index contributed by atoms with van der Waals surface area (Å²) in [7, 11) is 0. The van der Waals surface area contributed by atoms with Gasteiger partial charge in [0.05, 0.1) is 0 Å². The molecule has 2 nitrogen and oxygen atoms in total. The van der Waals surface area contributed by atoms with E-state index >= 15 is 0 Å². The van der Waals surface area contributed by atoms with Crippen molar-refractivity contribution in [1.82, 2.24) is 9.97 Å². The average molecular weight is 419 g/mol. The Labute approximate surface area is 191 Å². The van der Waals surface area contributed by atoms with Crippen LogP contribution in [0.4, 0.5) is 0 Å². The van der Waals surface area contributed by atoms with E-state index in [4.69, 9.17) is 0 Å². The molecule has 30 heavy (non-hydrogen) atoms. The lowest BCUT2D eigenvalue weighted by molar-refractivity contribution is 0.765. The third kappa shape index (κ3) is 14.3. The first-order valence-electron chi connectivity index (χ1n) is 11.1. The molecule has 2 heteroatoms. The normalized spacial score (nSPS) is 9.33.